The largest absolute Gasteiger partial charge is 0.486 e. The van der Waals surface area contributed by atoms with Gasteiger partial charge in [-0.05, 0) is 17.2 Å². The molecule has 1 N–H and O–H groups in total. The highest BCUT2D eigenvalue weighted by Crippen LogP contribution is 2.36. The number of aliphatic carboxylic acids is 1. The maximum atomic E-state index is 11.9. The molecule has 0 aliphatic carbocycles. The molecule has 1 aromatic carbocycles. The van der Waals surface area contributed by atoms with Gasteiger partial charge in [-0.25, -0.2) is 13.3 Å². The van der Waals surface area contributed by atoms with Crippen LogP contribution in [-0.4, -0.2) is 25.2 Å². The number of carboxylic acids is 1. The minimum Gasteiger partial charge on any atom is -0.486 e. The fourth-order valence-electron chi connectivity index (χ4n) is 1.76. The Morgan fingerprint density at radius 1 is 1.47 bits per heavy atom. The lowest BCUT2D eigenvalue weighted by Gasteiger charge is -1.99. The molecule has 1 aliphatic rings. The average molecular weight is 251 g/mol. The second-order valence-electron chi connectivity index (χ2n) is 3.48. The summed E-state index contributed by atoms with van der Waals surface area (Å²) in [5.41, 5.74) is -0.0368. The van der Waals surface area contributed by atoms with Crippen LogP contribution >= 0.6 is 0 Å². The van der Waals surface area contributed by atoms with Crippen molar-refractivity contribution in [3.05, 3.63) is 46.9 Å². The van der Waals surface area contributed by atoms with Gasteiger partial charge in [0.1, 0.15) is 0 Å². The Balaban J connectivity index is 2.75. The van der Waals surface area contributed by atoms with E-state index in [4.69, 9.17) is 8.00 Å². The van der Waals surface area contributed by atoms with Gasteiger partial charge in [-0.3, -0.25) is 4.79 Å². The lowest BCUT2D eigenvalue weighted by Crippen LogP contribution is -2.03. The van der Waals surface area contributed by atoms with Gasteiger partial charge in [-0.1, -0.05) is 18.2 Å². The first kappa shape index (κ1) is 10.1. The molecule has 1 aliphatic heterocycles. The summed E-state index contributed by atoms with van der Waals surface area (Å²) >= 11 is 0. The van der Waals surface area contributed by atoms with E-state index < -0.39 is 27.3 Å². The standard InChI is InChI=1S/C11H7NO4S/c1-12-10(11(13)14)8-6-17(15,16)9-5-3-2-4-7(8)9/h2-5H,6H2,(H,13,14)/b10-8+/i/hT. The van der Waals surface area contributed by atoms with Crippen LogP contribution in [0.25, 0.3) is 11.8 Å². The Hall–Kier alpha value is -2.13. The molecular formula is C11H7NO4S. The summed E-state index contributed by atoms with van der Waals surface area (Å²) in [7, 11) is -3.52. The summed E-state index contributed by atoms with van der Waals surface area (Å²) in [5, 5.41) is 3.74. The molecule has 1 aromatic rings. The first-order valence-electron chi connectivity index (χ1n) is 5.02. The van der Waals surface area contributed by atoms with Gasteiger partial charge in [0.2, 0.25) is 0 Å². The Morgan fingerprint density at radius 2 is 2.18 bits per heavy atom. The van der Waals surface area contributed by atoms with Crippen molar-refractivity contribution in [3.63, 3.8) is 0 Å². The monoisotopic (exact) mass is 251 g/mol. The van der Waals surface area contributed by atoms with Crippen molar-refractivity contribution in [3.8, 4) is 0 Å². The van der Waals surface area contributed by atoms with Crippen molar-refractivity contribution in [2.24, 2.45) is 0 Å². The Morgan fingerprint density at radius 3 is 2.82 bits per heavy atom. The minimum absolute atomic E-state index is 0.0952. The van der Waals surface area contributed by atoms with E-state index in [1.165, 1.54) is 12.1 Å². The van der Waals surface area contributed by atoms with Crippen LogP contribution in [0.2, 0.25) is 0 Å². The Bertz CT molecular complexity index is 700. The van der Waals surface area contributed by atoms with Crippen LogP contribution in [0.1, 0.15) is 5.56 Å². The number of rotatable bonds is 1. The summed E-state index contributed by atoms with van der Waals surface area (Å²) in [6, 6.07) is 6.13. The zero-order valence-electron chi connectivity index (χ0n) is 9.50. The fraction of sp³-hybridized carbons (Fsp3) is 0.0909. The van der Waals surface area contributed by atoms with Crippen molar-refractivity contribution >= 4 is 21.4 Å². The van der Waals surface area contributed by atoms with Crippen LogP contribution in [0, 0.1) is 6.57 Å². The van der Waals surface area contributed by atoms with E-state index in [-0.39, 0.29) is 10.5 Å². The van der Waals surface area contributed by atoms with Crippen LogP contribution in [0.4, 0.5) is 0 Å². The van der Waals surface area contributed by atoms with Crippen molar-refractivity contribution in [1.29, 1.82) is 1.43 Å². The van der Waals surface area contributed by atoms with Gasteiger partial charge < -0.3 is 5.11 Å². The second-order valence-corrected chi connectivity index (χ2v) is 5.44. The SMILES string of the molecule is [3H]OC(=O)/C([N+]#[C-])=C1/CS(=O)(=O)c2ccccc21. The molecule has 5 nitrogen and oxygen atoms in total. The summed E-state index contributed by atoms with van der Waals surface area (Å²) in [6.07, 6.45) is 0. The number of sulfone groups is 1. The molecule has 0 spiro atoms. The van der Waals surface area contributed by atoms with Crippen LogP contribution in [0.5, 0.6) is 0 Å². The van der Waals surface area contributed by atoms with Crippen LogP contribution in [0.3, 0.4) is 0 Å². The molecule has 0 fully saturated rings. The third-order valence-corrected chi connectivity index (χ3v) is 4.17. The number of nitrogens with zero attached hydrogens (tertiary/aromatic N) is 1. The molecule has 0 bridgehead atoms. The first-order chi connectivity index (χ1) is 8.51. The summed E-state index contributed by atoms with van der Waals surface area (Å²) in [5.74, 6) is -1.56. The number of hydrogen-bond donors (Lipinski definition) is 1. The molecule has 6 heteroatoms. The van der Waals surface area contributed by atoms with Crippen LogP contribution in [0.15, 0.2) is 34.9 Å². The number of benzene rings is 1. The molecule has 0 atom stereocenters. The molecule has 17 heavy (non-hydrogen) atoms. The minimum atomic E-state index is -3.52. The first-order valence-corrected chi connectivity index (χ1v) is 6.26. The zero-order valence-corrected chi connectivity index (χ0v) is 9.32. The van der Waals surface area contributed by atoms with Gasteiger partial charge in [0.25, 0.3) is 7.13 Å². The molecule has 1 heterocycles. The van der Waals surface area contributed by atoms with Crippen molar-refractivity contribution < 1.29 is 18.3 Å². The van der Waals surface area contributed by atoms with E-state index in [1.54, 1.807) is 12.1 Å². The number of carbonyl (C=O) groups is 1. The lowest BCUT2D eigenvalue weighted by molar-refractivity contribution is -0.132. The summed E-state index contributed by atoms with van der Waals surface area (Å²) in [4.78, 5) is 14.3. The summed E-state index contributed by atoms with van der Waals surface area (Å²) in [6.45, 7) is 6.92. The Kier molecular flexibility index (Phi) is 2.20. The van der Waals surface area contributed by atoms with Crippen LogP contribution < -0.4 is 0 Å². The number of fused-ring (bicyclic) bond motifs is 1. The van der Waals surface area contributed by atoms with Crippen molar-refractivity contribution in [2.45, 2.75) is 4.90 Å². The third kappa shape index (κ3) is 1.70. The molecule has 0 saturated carbocycles. The van der Waals surface area contributed by atoms with E-state index in [0.29, 0.717) is 5.56 Å². The highest BCUT2D eigenvalue weighted by atomic mass is 32.2. The third-order valence-electron chi connectivity index (χ3n) is 2.47. The second kappa shape index (κ2) is 3.71. The Labute approximate surface area is 99.2 Å². The van der Waals surface area contributed by atoms with E-state index in [9.17, 15) is 13.2 Å². The van der Waals surface area contributed by atoms with Gasteiger partial charge in [-0.15, -0.1) is 0 Å². The van der Waals surface area contributed by atoms with E-state index in [2.05, 4.69) is 9.95 Å². The molecule has 0 saturated heterocycles. The average Bonchev–Trinajstić information content (AvgIpc) is 2.63. The normalized spacial score (nSPS) is 19.8. The van der Waals surface area contributed by atoms with Crippen molar-refractivity contribution in [1.82, 2.24) is 0 Å². The highest BCUT2D eigenvalue weighted by Gasteiger charge is 2.33. The molecule has 0 amide bonds. The zero-order chi connectivity index (χ0) is 13.3. The van der Waals surface area contributed by atoms with Crippen molar-refractivity contribution in [2.75, 3.05) is 5.75 Å². The maximum Gasteiger partial charge on any atom is 0.334 e. The molecular weight excluding hydrogens is 242 g/mol. The van der Waals surface area contributed by atoms with Gasteiger partial charge in [0, 0.05) is 0 Å². The van der Waals surface area contributed by atoms with Gasteiger partial charge >= 0.3 is 5.97 Å². The van der Waals surface area contributed by atoms with E-state index in [0.717, 1.165) is 0 Å². The maximum absolute atomic E-state index is 11.9. The van der Waals surface area contributed by atoms with E-state index >= 15 is 0 Å². The summed E-state index contributed by atoms with van der Waals surface area (Å²) < 4.78 is 30.2. The molecule has 0 radical (unpaired) electrons. The highest BCUT2D eigenvalue weighted by molar-refractivity contribution is 7.92. The molecule has 0 unspecified atom stereocenters. The predicted molar refractivity (Wildman–Crippen MR) is 59.7 cm³/mol. The molecule has 2 rings (SSSR count). The molecule has 86 valence electrons. The van der Waals surface area contributed by atoms with Crippen LogP contribution in [-0.2, 0) is 14.6 Å². The topological polar surface area (TPSA) is 75.8 Å². The molecule has 0 aromatic heterocycles. The van der Waals surface area contributed by atoms with Gasteiger partial charge in [0.05, 0.1) is 17.2 Å². The van der Waals surface area contributed by atoms with Gasteiger partial charge in [0.15, 0.2) is 9.84 Å². The fourth-order valence-corrected chi connectivity index (χ4v) is 3.40. The lowest BCUT2D eigenvalue weighted by atomic mass is 10.1. The quantitative estimate of drug-likeness (QED) is 0.601. The number of carboxylic acid groups (broad SMARTS) is 1. The smallest absolute Gasteiger partial charge is 0.334 e. The predicted octanol–water partition coefficient (Wildman–Crippen LogP) is 1.19. The van der Waals surface area contributed by atoms with Gasteiger partial charge in [-0.2, -0.15) is 0 Å². The van der Waals surface area contributed by atoms with E-state index in [1.807, 2.05) is 0 Å². The number of hydrogen-bond acceptors (Lipinski definition) is 4.